The molecule has 2 aromatic carbocycles. The molecule has 4 aromatic rings. The Morgan fingerprint density at radius 3 is 2.62 bits per heavy atom. The van der Waals surface area contributed by atoms with Gasteiger partial charge in [0.1, 0.15) is 11.8 Å². The van der Waals surface area contributed by atoms with Gasteiger partial charge in [0, 0.05) is 35.2 Å². The first kappa shape index (κ1) is 18.5. The van der Waals surface area contributed by atoms with E-state index in [0.717, 1.165) is 16.5 Å². The van der Waals surface area contributed by atoms with Crippen molar-refractivity contribution in [2.24, 2.45) is 0 Å². The van der Waals surface area contributed by atoms with E-state index >= 15 is 0 Å². The Morgan fingerprint density at radius 1 is 1.10 bits per heavy atom. The lowest BCUT2D eigenvalue weighted by Crippen LogP contribution is -2.45. The van der Waals surface area contributed by atoms with E-state index in [4.69, 9.17) is 4.52 Å². The van der Waals surface area contributed by atoms with Crippen molar-refractivity contribution < 1.29 is 14.1 Å². The number of carbonyl (C=O) groups is 2. The molecule has 7 heteroatoms. The number of para-hydroxylation sites is 1. The SMILES string of the molecule is Cc1cc(NC(=O)[C@H](Cc2c[nH]c3ccccc23)NC(=O)c2ccccc2)no1. The molecule has 0 aliphatic heterocycles. The summed E-state index contributed by atoms with van der Waals surface area (Å²) in [4.78, 5) is 28.8. The maximum Gasteiger partial charge on any atom is 0.251 e. The van der Waals surface area contributed by atoms with Crippen molar-refractivity contribution in [2.75, 3.05) is 5.32 Å². The lowest BCUT2D eigenvalue weighted by Gasteiger charge is -2.17. The molecule has 0 aliphatic rings. The molecular weight excluding hydrogens is 368 g/mol. The number of aryl methyl sites for hydroxylation is 1. The molecule has 0 aliphatic carbocycles. The fourth-order valence-electron chi connectivity index (χ4n) is 3.20. The van der Waals surface area contributed by atoms with Crippen LogP contribution in [0.2, 0.25) is 0 Å². The van der Waals surface area contributed by atoms with Crippen molar-refractivity contribution in [3.05, 3.63) is 83.7 Å². The van der Waals surface area contributed by atoms with Gasteiger partial charge in [-0.2, -0.15) is 0 Å². The van der Waals surface area contributed by atoms with Crippen LogP contribution >= 0.6 is 0 Å². The van der Waals surface area contributed by atoms with Gasteiger partial charge >= 0.3 is 0 Å². The second-order valence-electron chi connectivity index (χ2n) is 6.77. The van der Waals surface area contributed by atoms with E-state index in [1.165, 1.54) is 0 Å². The molecule has 0 radical (unpaired) electrons. The summed E-state index contributed by atoms with van der Waals surface area (Å²) < 4.78 is 5.00. The molecule has 146 valence electrons. The van der Waals surface area contributed by atoms with Crippen LogP contribution in [0, 0.1) is 6.92 Å². The summed E-state index contributed by atoms with van der Waals surface area (Å²) in [6.07, 6.45) is 2.19. The summed E-state index contributed by atoms with van der Waals surface area (Å²) in [6.45, 7) is 1.74. The number of aromatic amines is 1. The Balaban J connectivity index is 1.59. The second kappa shape index (κ2) is 8.02. The van der Waals surface area contributed by atoms with Crippen LogP contribution in [0.25, 0.3) is 10.9 Å². The van der Waals surface area contributed by atoms with E-state index in [9.17, 15) is 9.59 Å². The van der Waals surface area contributed by atoms with Crippen LogP contribution in [0.5, 0.6) is 0 Å². The van der Waals surface area contributed by atoms with Gasteiger partial charge in [-0.3, -0.25) is 9.59 Å². The maximum atomic E-state index is 12.9. The lowest BCUT2D eigenvalue weighted by molar-refractivity contribution is -0.118. The summed E-state index contributed by atoms with van der Waals surface area (Å²) in [5.74, 6) is 0.210. The Bertz CT molecular complexity index is 1150. The van der Waals surface area contributed by atoms with Gasteiger partial charge in [-0.25, -0.2) is 0 Å². The molecule has 0 fully saturated rings. The lowest BCUT2D eigenvalue weighted by atomic mass is 10.0. The van der Waals surface area contributed by atoms with Gasteiger partial charge in [0.25, 0.3) is 5.91 Å². The quantitative estimate of drug-likeness (QED) is 0.471. The van der Waals surface area contributed by atoms with Crippen LogP contribution in [0.4, 0.5) is 5.82 Å². The second-order valence-corrected chi connectivity index (χ2v) is 6.77. The smallest absolute Gasteiger partial charge is 0.251 e. The average molecular weight is 388 g/mol. The molecule has 2 aromatic heterocycles. The number of benzene rings is 2. The first-order valence-corrected chi connectivity index (χ1v) is 9.25. The van der Waals surface area contributed by atoms with Crippen LogP contribution in [0.15, 0.2) is 71.4 Å². The molecule has 2 heterocycles. The molecular formula is C22H20N4O3. The molecule has 0 saturated heterocycles. The number of fused-ring (bicyclic) bond motifs is 1. The van der Waals surface area contributed by atoms with Crippen LogP contribution < -0.4 is 10.6 Å². The molecule has 2 amide bonds. The zero-order valence-electron chi connectivity index (χ0n) is 15.8. The molecule has 0 spiro atoms. The van der Waals surface area contributed by atoms with E-state index in [0.29, 0.717) is 23.6 Å². The minimum absolute atomic E-state index is 0.311. The summed E-state index contributed by atoms with van der Waals surface area (Å²) >= 11 is 0. The van der Waals surface area contributed by atoms with Crippen LogP contribution in [0.1, 0.15) is 21.7 Å². The predicted octanol–water partition coefficient (Wildman–Crippen LogP) is 3.44. The van der Waals surface area contributed by atoms with E-state index in [2.05, 4.69) is 20.8 Å². The summed E-state index contributed by atoms with van der Waals surface area (Å²) in [5.41, 5.74) is 2.40. The molecule has 1 atom stereocenters. The number of anilines is 1. The number of hydrogen-bond donors (Lipinski definition) is 3. The van der Waals surface area contributed by atoms with E-state index < -0.39 is 6.04 Å². The first-order chi connectivity index (χ1) is 14.1. The Labute approximate surface area is 167 Å². The minimum Gasteiger partial charge on any atom is -0.361 e. The Morgan fingerprint density at radius 2 is 1.86 bits per heavy atom. The number of carbonyl (C=O) groups excluding carboxylic acids is 2. The number of aromatic nitrogens is 2. The highest BCUT2D eigenvalue weighted by molar-refractivity contribution is 6.01. The van der Waals surface area contributed by atoms with Crippen LogP contribution in [-0.2, 0) is 11.2 Å². The van der Waals surface area contributed by atoms with Crippen LogP contribution in [0.3, 0.4) is 0 Å². The highest BCUT2D eigenvalue weighted by Crippen LogP contribution is 2.20. The van der Waals surface area contributed by atoms with Gasteiger partial charge in [-0.05, 0) is 30.7 Å². The van der Waals surface area contributed by atoms with Crippen LogP contribution in [-0.4, -0.2) is 28.0 Å². The normalized spacial score (nSPS) is 11.9. The number of nitrogens with one attached hydrogen (secondary N) is 3. The largest absolute Gasteiger partial charge is 0.361 e. The Hall–Kier alpha value is -3.87. The van der Waals surface area contributed by atoms with Gasteiger partial charge in [0.05, 0.1) is 0 Å². The molecule has 7 nitrogen and oxygen atoms in total. The molecule has 0 saturated carbocycles. The average Bonchev–Trinajstić information content (AvgIpc) is 3.34. The zero-order chi connectivity index (χ0) is 20.2. The number of hydrogen-bond acceptors (Lipinski definition) is 4. The molecule has 29 heavy (non-hydrogen) atoms. The number of H-pyrrole nitrogens is 1. The topological polar surface area (TPSA) is 100 Å². The Kier molecular flexibility index (Phi) is 5.11. The fourth-order valence-corrected chi connectivity index (χ4v) is 3.20. The highest BCUT2D eigenvalue weighted by atomic mass is 16.5. The molecule has 0 bridgehead atoms. The summed E-state index contributed by atoms with van der Waals surface area (Å²) in [5, 5.41) is 10.4. The number of rotatable bonds is 6. The van der Waals surface area contributed by atoms with Crippen molar-refractivity contribution >= 4 is 28.5 Å². The summed E-state index contributed by atoms with van der Waals surface area (Å²) in [6, 6.07) is 17.5. The summed E-state index contributed by atoms with van der Waals surface area (Å²) in [7, 11) is 0. The monoisotopic (exact) mass is 388 g/mol. The van der Waals surface area contributed by atoms with Crippen molar-refractivity contribution in [3.8, 4) is 0 Å². The predicted molar refractivity (Wildman–Crippen MR) is 110 cm³/mol. The highest BCUT2D eigenvalue weighted by Gasteiger charge is 2.24. The van der Waals surface area contributed by atoms with Gasteiger partial charge in [-0.15, -0.1) is 0 Å². The number of nitrogens with zero attached hydrogens (tertiary/aromatic N) is 1. The van der Waals surface area contributed by atoms with Gasteiger partial charge in [-0.1, -0.05) is 41.6 Å². The molecule has 3 N–H and O–H groups in total. The third kappa shape index (κ3) is 4.19. The van der Waals surface area contributed by atoms with E-state index in [-0.39, 0.29) is 11.8 Å². The third-order valence-electron chi connectivity index (χ3n) is 4.64. The van der Waals surface area contributed by atoms with Crippen molar-refractivity contribution in [2.45, 2.75) is 19.4 Å². The zero-order valence-corrected chi connectivity index (χ0v) is 15.8. The maximum absolute atomic E-state index is 12.9. The number of amides is 2. The van der Waals surface area contributed by atoms with Gasteiger partial charge in [0.15, 0.2) is 5.82 Å². The first-order valence-electron chi connectivity index (χ1n) is 9.25. The fraction of sp³-hybridized carbons (Fsp3) is 0.136. The van der Waals surface area contributed by atoms with Crippen molar-refractivity contribution in [1.82, 2.24) is 15.5 Å². The van der Waals surface area contributed by atoms with E-state index in [1.54, 1.807) is 37.3 Å². The molecule has 4 rings (SSSR count). The minimum atomic E-state index is -0.793. The van der Waals surface area contributed by atoms with Crippen molar-refractivity contribution in [1.29, 1.82) is 0 Å². The van der Waals surface area contributed by atoms with Gasteiger partial charge in [0.2, 0.25) is 5.91 Å². The van der Waals surface area contributed by atoms with E-state index in [1.807, 2.05) is 36.5 Å². The van der Waals surface area contributed by atoms with Gasteiger partial charge < -0.3 is 20.1 Å². The molecule has 0 unspecified atom stereocenters. The third-order valence-corrected chi connectivity index (χ3v) is 4.64. The van der Waals surface area contributed by atoms with Crippen molar-refractivity contribution in [3.63, 3.8) is 0 Å². The standard InChI is InChI=1S/C22H20N4O3/c1-14-11-20(26-29-14)25-22(28)19(24-21(27)15-7-3-2-4-8-15)12-16-13-23-18-10-6-5-9-17(16)18/h2-11,13,19,23H,12H2,1H3,(H,24,27)(H,25,26,28)/t19-/m0/s1.